The highest BCUT2D eigenvalue weighted by atomic mass is 32.2. The third-order valence-electron chi connectivity index (χ3n) is 6.59. The molecule has 4 aromatic rings. The number of sulfonamides is 1. The number of anilines is 1. The molecule has 0 bridgehead atoms. The summed E-state index contributed by atoms with van der Waals surface area (Å²) in [5.74, 6) is 1.16. The molecule has 5 rings (SSSR count). The fraction of sp³-hybridized carbons (Fsp3) is 0.241. The molecule has 0 atom stereocenters. The molecule has 3 N–H and O–H groups in total. The number of fused-ring (bicyclic) bond motifs is 1. The molecule has 1 heterocycles. The van der Waals surface area contributed by atoms with E-state index in [0.29, 0.717) is 45.6 Å². The molecule has 8 heteroatoms. The predicted molar refractivity (Wildman–Crippen MR) is 147 cm³/mol. The Labute approximate surface area is 217 Å². The van der Waals surface area contributed by atoms with Crippen LogP contribution in [0.4, 0.5) is 5.69 Å². The number of para-hydroxylation sites is 1. The molecule has 0 radical (unpaired) electrons. The number of ether oxygens (including phenoxy) is 1. The van der Waals surface area contributed by atoms with Crippen LogP contribution in [0.25, 0.3) is 21.9 Å². The zero-order valence-electron chi connectivity index (χ0n) is 20.4. The predicted octanol–water partition coefficient (Wildman–Crippen LogP) is 5.94. The molecule has 0 saturated carbocycles. The van der Waals surface area contributed by atoms with E-state index < -0.39 is 10.0 Å². The number of phenols is 2. The minimum atomic E-state index is -3.70. The van der Waals surface area contributed by atoms with E-state index in [1.54, 1.807) is 48.5 Å². The lowest BCUT2D eigenvalue weighted by atomic mass is 9.97. The lowest BCUT2D eigenvalue weighted by Crippen LogP contribution is -2.35. The van der Waals surface area contributed by atoms with Gasteiger partial charge in [0.05, 0.1) is 11.4 Å². The lowest BCUT2D eigenvalue weighted by molar-refractivity contribution is 0.241. The van der Waals surface area contributed by atoms with E-state index in [0.717, 1.165) is 25.9 Å². The second kappa shape index (κ2) is 10.7. The first-order valence-electron chi connectivity index (χ1n) is 12.4. The standard InChI is InChI=1S/C29H30N2O5S/c32-23-11-9-21(10-12-23)28-27(30-37(34,35)18-17-31-15-5-2-6-16-31)20-22-19-24(33)13-14-26(22)29(28)36-25-7-3-1-4-8-25/h1,3-4,7-14,19-20,30,32-33H,2,5-6,15-18H2. The van der Waals surface area contributed by atoms with Gasteiger partial charge in [0.2, 0.25) is 10.0 Å². The average molecular weight is 519 g/mol. The first kappa shape index (κ1) is 24.9. The number of nitrogens with one attached hydrogen (secondary N) is 1. The van der Waals surface area contributed by atoms with E-state index in [2.05, 4.69) is 9.62 Å². The molecule has 0 spiro atoms. The van der Waals surface area contributed by atoms with Gasteiger partial charge in [-0.25, -0.2) is 8.42 Å². The van der Waals surface area contributed by atoms with Gasteiger partial charge in [-0.05, 0) is 85.4 Å². The number of aromatic hydroxyl groups is 2. The fourth-order valence-corrected chi connectivity index (χ4v) is 5.82. The van der Waals surface area contributed by atoms with Gasteiger partial charge in [-0.1, -0.05) is 36.8 Å². The van der Waals surface area contributed by atoms with Crippen molar-refractivity contribution in [2.45, 2.75) is 19.3 Å². The Hall–Kier alpha value is -3.75. The molecule has 1 aliphatic rings. The summed E-state index contributed by atoms with van der Waals surface area (Å²) in [5, 5.41) is 21.4. The molecule has 0 aromatic heterocycles. The van der Waals surface area contributed by atoms with E-state index in [4.69, 9.17) is 4.74 Å². The number of likely N-dealkylation sites (tertiary alicyclic amines) is 1. The van der Waals surface area contributed by atoms with Gasteiger partial charge in [0.25, 0.3) is 0 Å². The van der Waals surface area contributed by atoms with Crippen molar-refractivity contribution in [2.24, 2.45) is 0 Å². The van der Waals surface area contributed by atoms with Crippen molar-refractivity contribution < 1.29 is 23.4 Å². The summed E-state index contributed by atoms with van der Waals surface area (Å²) in [5.41, 5.74) is 1.56. The topological polar surface area (TPSA) is 99.1 Å². The van der Waals surface area contributed by atoms with Gasteiger partial charge in [-0.2, -0.15) is 0 Å². The highest BCUT2D eigenvalue weighted by molar-refractivity contribution is 7.92. The Morgan fingerprint density at radius 2 is 1.54 bits per heavy atom. The van der Waals surface area contributed by atoms with Crippen LogP contribution in [0.1, 0.15) is 19.3 Å². The van der Waals surface area contributed by atoms with Gasteiger partial charge >= 0.3 is 0 Å². The molecule has 1 fully saturated rings. The van der Waals surface area contributed by atoms with Crippen LogP contribution in [0.2, 0.25) is 0 Å². The highest BCUT2D eigenvalue weighted by Gasteiger charge is 2.22. The zero-order chi connectivity index (χ0) is 25.8. The molecule has 4 aromatic carbocycles. The molecule has 0 aliphatic carbocycles. The van der Waals surface area contributed by atoms with Crippen molar-refractivity contribution in [3.05, 3.63) is 78.9 Å². The summed E-state index contributed by atoms with van der Waals surface area (Å²) in [6, 6.07) is 22.4. The lowest BCUT2D eigenvalue weighted by Gasteiger charge is -2.26. The number of hydrogen-bond acceptors (Lipinski definition) is 6. The number of phenolic OH excluding ortho intramolecular Hbond substituents is 2. The number of rotatable bonds is 8. The smallest absolute Gasteiger partial charge is 0.234 e. The summed E-state index contributed by atoms with van der Waals surface area (Å²) in [6.45, 7) is 2.29. The van der Waals surface area contributed by atoms with Crippen molar-refractivity contribution in [3.8, 4) is 34.1 Å². The van der Waals surface area contributed by atoms with E-state index in [9.17, 15) is 18.6 Å². The van der Waals surface area contributed by atoms with Gasteiger partial charge in [-0.3, -0.25) is 4.72 Å². The first-order valence-corrected chi connectivity index (χ1v) is 14.1. The largest absolute Gasteiger partial charge is 0.508 e. The Morgan fingerprint density at radius 3 is 2.27 bits per heavy atom. The Bertz CT molecular complexity index is 1480. The maximum absolute atomic E-state index is 13.3. The Balaban J connectivity index is 1.62. The minimum absolute atomic E-state index is 0.0328. The Morgan fingerprint density at radius 1 is 0.838 bits per heavy atom. The average Bonchev–Trinajstić information content (AvgIpc) is 2.89. The van der Waals surface area contributed by atoms with E-state index in [1.807, 2.05) is 30.3 Å². The summed E-state index contributed by atoms with van der Waals surface area (Å²) >= 11 is 0. The quantitative estimate of drug-likeness (QED) is 0.267. The molecule has 192 valence electrons. The van der Waals surface area contributed by atoms with Gasteiger partial charge in [-0.15, -0.1) is 0 Å². The molecular weight excluding hydrogens is 488 g/mol. The fourth-order valence-electron chi connectivity index (χ4n) is 4.72. The summed E-state index contributed by atoms with van der Waals surface area (Å²) in [6.07, 6.45) is 3.37. The number of nitrogens with zero attached hydrogens (tertiary/aromatic N) is 1. The summed E-state index contributed by atoms with van der Waals surface area (Å²) in [7, 11) is -3.70. The van der Waals surface area contributed by atoms with Gasteiger partial charge in [0, 0.05) is 17.5 Å². The third kappa shape index (κ3) is 5.98. The third-order valence-corrected chi connectivity index (χ3v) is 7.84. The van der Waals surface area contributed by atoms with Crippen molar-refractivity contribution >= 4 is 26.5 Å². The molecule has 1 aliphatic heterocycles. The van der Waals surface area contributed by atoms with E-state index in [1.165, 1.54) is 6.42 Å². The Kier molecular flexibility index (Phi) is 7.21. The molecule has 7 nitrogen and oxygen atoms in total. The molecule has 37 heavy (non-hydrogen) atoms. The van der Waals surface area contributed by atoms with E-state index in [-0.39, 0.29) is 17.3 Å². The molecule has 1 saturated heterocycles. The minimum Gasteiger partial charge on any atom is -0.508 e. The maximum atomic E-state index is 13.3. The van der Waals surface area contributed by atoms with Gasteiger partial charge in [0.1, 0.15) is 23.0 Å². The van der Waals surface area contributed by atoms with Crippen molar-refractivity contribution in [2.75, 3.05) is 30.1 Å². The van der Waals surface area contributed by atoms with Crippen molar-refractivity contribution in [3.63, 3.8) is 0 Å². The first-order chi connectivity index (χ1) is 17.9. The second-order valence-corrected chi connectivity index (χ2v) is 11.2. The van der Waals surface area contributed by atoms with Gasteiger partial charge < -0.3 is 19.8 Å². The number of hydrogen-bond donors (Lipinski definition) is 3. The summed E-state index contributed by atoms with van der Waals surface area (Å²) in [4.78, 5) is 2.19. The molecular formula is C29H30N2O5S. The number of benzene rings is 4. The normalized spacial score (nSPS) is 14.5. The molecule has 0 unspecified atom stereocenters. The monoisotopic (exact) mass is 518 g/mol. The summed E-state index contributed by atoms with van der Waals surface area (Å²) < 4.78 is 35.7. The van der Waals surface area contributed by atoms with Crippen LogP contribution in [-0.4, -0.2) is 48.9 Å². The van der Waals surface area contributed by atoms with Crippen LogP contribution in [0.5, 0.6) is 23.0 Å². The van der Waals surface area contributed by atoms with Gasteiger partial charge in [0.15, 0.2) is 0 Å². The van der Waals surface area contributed by atoms with Crippen molar-refractivity contribution in [1.82, 2.24) is 4.90 Å². The second-order valence-electron chi connectivity index (χ2n) is 9.32. The number of piperidine rings is 1. The van der Waals surface area contributed by atoms with Crippen molar-refractivity contribution in [1.29, 1.82) is 0 Å². The van der Waals surface area contributed by atoms with Crippen LogP contribution in [0, 0.1) is 0 Å². The highest BCUT2D eigenvalue weighted by Crippen LogP contribution is 2.46. The van der Waals surface area contributed by atoms with E-state index >= 15 is 0 Å². The maximum Gasteiger partial charge on any atom is 0.234 e. The SMILES string of the molecule is O=S(=O)(CCN1CCCCC1)Nc1cc2cc(O)ccc2c(Oc2ccccc2)c1-c1ccc(O)cc1. The zero-order valence-corrected chi connectivity index (χ0v) is 21.2. The van der Waals surface area contributed by atoms with Crippen LogP contribution < -0.4 is 9.46 Å². The van der Waals surface area contributed by atoms with Crippen LogP contribution in [-0.2, 0) is 10.0 Å². The van der Waals surface area contributed by atoms with Crippen LogP contribution in [0.15, 0.2) is 78.9 Å². The molecule has 0 amide bonds. The van der Waals surface area contributed by atoms with Crippen LogP contribution in [0.3, 0.4) is 0 Å². The van der Waals surface area contributed by atoms with Crippen LogP contribution >= 0.6 is 0 Å².